The van der Waals surface area contributed by atoms with Crippen LogP contribution in [0.15, 0.2) is 29.8 Å². The van der Waals surface area contributed by atoms with E-state index >= 15 is 0 Å². The topological polar surface area (TPSA) is 21.3 Å². The molecule has 92 valence electrons. The monoisotopic (exact) mass is 231 g/mol. The summed E-state index contributed by atoms with van der Waals surface area (Å²) in [6.45, 7) is 3.23. The van der Waals surface area contributed by atoms with Crippen molar-refractivity contribution in [2.24, 2.45) is 0 Å². The Hall–Kier alpha value is -1.28. The van der Waals surface area contributed by atoms with E-state index in [0.717, 1.165) is 24.8 Å². The zero-order valence-corrected chi connectivity index (χ0v) is 10.7. The van der Waals surface area contributed by atoms with Gasteiger partial charge in [-0.2, -0.15) is 0 Å². The van der Waals surface area contributed by atoms with Crippen molar-refractivity contribution < 1.29 is 4.74 Å². The number of hydrogen-bond acceptors (Lipinski definition) is 2. The van der Waals surface area contributed by atoms with Gasteiger partial charge in [0.15, 0.2) is 0 Å². The maximum absolute atomic E-state index is 5.15. The van der Waals surface area contributed by atoms with Crippen molar-refractivity contribution in [3.63, 3.8) is 0 Å². The highest BCUT2D eigenvalue weighted by atomic mass is 16.5. The summed E-state index contributed by atoms with van der Waals surface area (Å²) in [7, 11) is 1.70. The van der Waals surface area contributed by atoms with Gasteiger partial charge < -0.3 is 10.1 Å². The molecule has 0 radical (unpaired) electrons. The molecule has 0 amide bonds. The summed E-state index contributed by atoms with van der Waals surface area (Å²) in [5, 5.41) is 3.56. The first-order valence-electron chi connectivity index (χ1n) is 6.38. The first-order chi connectivity index (χ1) is 8.31. The SMILES string of the molecule is CCC(=Cc1ccc(OC)cc1)CNC1CC1. The van der Waals surface area contributed by atoms with Crippen LogP contribution >= 0.6 is 0 Å². The van der Waals surface area contributed by atoms with Gasteiger partial charge in [0.25, 0.3) is 0 Å². The molecule has 0 aliphatic heterocycles. The van der Waals surface area contributed by atoms with Gasteiger partial charge in [-0.1, -0.05) is 30.7 Å². The Morgan fingerprint density at radius 2 is 2.06 bits per heavy atom. The van der Waals surface area contributed by atoms with Crippen molar-refractivity contribution in [1.29, 1.82) is 0 Å². The van der Waals surface area contributed by atoms with Crippen LogP contribution in [0.2, 0.25) is 0 Å². The van der Waals surface area contributed by atoms with E-state index < -0.39 is 0 Å². The Bertz CT molecular complexity index is 376. The molecule has 0 aromatic heterocycles. The molecule has 0 saturated heterocycles. The maximum atomic E-state index is 5.15. The number of nitrogens with one attached hydrogen (secondary N) is 1. The third kappa shape index (κ3) is 3.90. The van der Waals surface area contributed by atoms with Gasteiger partial charge in [0.05, 0.1) is 7.11 Å². The zero-order valence-electron chi connectivity index (χ0n) is 10.7. The Kier molecular flexibility index (Phi) is 4.21. The van der Waals surface area contributed by atoms with Gasteiger partial charge in [-0.25, -0.2) is 0 Å². The molecule has 1 aromatic rings. The maximum Gasteiger partial charge on any atom is 0.118 e. The summed E-state index contributed by atoms with van der Waals surface area (Å²) >= 11 is 0. The molecule has 0 atom stereocenters. The molecule has 2 heteroatoms. The van der Waals surface area contributed by atoms with Crippen molar-refractivity contribution in [2.45, 2.75) is 32.2 Å². The second-order valence-electron chi connectivity index (χ2n) is 4.58. The van der Waals surface area contributed by atoms with Crippen LogP contribution in [0.4, 0.5) is 0 Å². The molecular formula is C15H21NO. The Balaban J connectivity index is 1.97. The predicted molar refractivity (Wildman–Crippen MR) is 72.3 cm³/mol. The molecule has 0 spiro atoms. The fraction of sp³-hybridized carbons (Fsp3) is 0.467. The second kappa shape index (κ2) is 5.87. The lowest BCUT2D eigenvalue weighted by atomic mass is 10.1. The summed E-state index contributed by atoms with van der Waals surface area (Å²) in [5.41, 5.74) is 2.71. The molecule has 0 heterocycles. The van der Waals surface area contributed by atoms with Crippen molar-refractivity contribution >= 4 is 6.08 Å². The van der Waals surface area contributed by atoms with E-state index in [1.54, 1.807) is 7.11 Å². The van der Waals surface area contributed by atoms with Crippen LogP contribution in [0, 0.1) is 0 Å². The van der Waals surface area contributed by atoms with E-state index in [-0.39, 0.29) is 0 Å². The van der Waals surface area contributed by atoms with Gasteiger partial charge in [0.2, 0.25) is 0 Å². The zero-order chi connectivity index (χ0) is 12.1. The van der Waals surface area contributed by atoms with Crippen molar-refractivity contribution in [3.8, 4) is 5.75 Å². The van der Waals surface area contributed by atoms with Crippen LogP contribution in [-0.2, 0) is 0 Å². The Morgan fingerprint density at radius 3 is 2.59 bits per heavy atom. The van der Waals surface area contributed by atoms with Crippen molar-refractivity contribution in [3.05, 3.63) is 35.4 Å². The lowest BCUT2D eigenvalue weighted by Gasteiger charge is -2.06. The summed E-state index contributed by atoms with van der Waals surface area (Å²) < 4.78 is 5.15. The first-order valence-corrected chi connectivity index (χ1v) is 6.38. The van der Waals surface area contributed by atoms with Crippen molar-refractivity contribution in [1.82, 2.24) is 5.32 Å². The lowest BCUT2D eigenvalue weighted by molar-refractivity contribution is 0.415. The van der Waals surface area contributed by atoms with Gasteiger partial charge in [-0.3, -0.25) is 0 Å². The lowest BCUT2D eigenvalue weighted by Crippen LogP contribution is -2.18. The Morgan fingerprint density at radius 1 is 1.35 bits per heavy atom. The van der Waals surface area contributed by atoms with Crippen LogP contribution in [0.5, 0.6) is 5.75 Å². The van der Waals surface area contributed by atoms with E-state index in [1.807, 2.05) is 12.1 Å². The van der Waals surface area contributed by atoms with Gasteiger partial charge >= 0.3 is 0 Å². The fourth-order valence-electron chi connectivity index (χ4n) is 1.78. The van der Waals surface area contributed by atoms with Crippen LogP contribution in [0.3, 0.4) is 0 Å². The van der Waals surface area contributed by atoms with E-state index in [2.05, 4.69) is 30.4 Å². The van der Waals surface area contributed by atoms with Crippen molar-refractivity contribution in [2.75, 3.05) is 13.7 Å². The molecule has 2 rings (SSSR count). The number of rotatable bonds is 6. The molecule has 1 N–H and O–H groups in total. The minimum atomic E-state index is 0.779. The first kappa shape index (κ1) is 12.2. The summed E-state index contributed by atoms with van der Waals surface area (Å²) in [6.07, 6.45) is 6.07. The third-order valence-electron chi connectivity index (χ3n) is 3.14. The van der Waals surface area contributed by atoms with E-state index in [4.69, 9.17) is 4.74 Å². The average Bonchev–Trinajstić information content (AvgIpc) is 3.19. The highest BCUT2D eigenvalue weighted by Gasteiger charge is 2.19. The smallest absolute Gasteiger partial charge is 0.118 e. The molecule has 1 aliphatic carbocycles. The predicted octanol–water partition coefficient (Wildman–Crippen LogP) is 3.24. The molecule has 1 aromatic carbocycles. The summed E-state index contributed by atoms with van der Waals surface area (Å²) in [4.78, 5) is 0. The van der Waals surface area contributed by atoms with Crippen LogP contribution in [-0.4, -0.2) is 19.7 Å². The molecule has 1 fully saturated rings. The largest absolute Gasteiger partial charge is 0.497 e. The number of methoxy groups -OCH3 is 1. The number of ether oxygens (including phenoxy) is 1. The Labute approximate surface area is 104 Å². The molecular weight excluding hydrogens is 210 g/mol. The molecule has 1 saturated carbocycles. The fourth-order valence-corrected chi connectivity index (χ4v) is 1.78. The number of hydrogen-bond donors (Lipinski definition) is 1. The second-order valence-corrected chi connectivity index (χ2v) is 4.58. The standard InChI is InChI=1S/C15H21NO/c1-3-12(11-16-14-6-7-14)10-13-4-8-15(17-2)9-5-13/h4-5,8-10,14,16H,3,6-7,11H2,1-2H3. The quantitative estimate of drug-likeness (QED) is 0.811. The summed E-state index contributed by atoms with van der Waals surface area (Å²) in [5.74, 6) is 0.913. The highest BCUT2D eigenvalue weighted by Crippen LogP contribution is 2.20. The molecule has 0 unspecified atom stereocenters. The third-order valence-corrected chi connectivity index (χ3v) is 3.14. The van der Waals surface area contributed by atoms with Crippen LogP contribution in [0.1, 0.15) is 31.7 Å². The van der Waals surface area contributed by atoms with Gasteiger partial charge in [0.1, 0.15) is 5.75 Å². The molecule has 0 bridgehead atoms. The van der Waals surface area contributed by atoms with Gasteiger partial charge in [-0.15, -0.1) is 0 Å². The number of benzene rings is 1. The molecule has 17 heavy (non-hydrogen) atoms. The highest BCUT2D eigenvalue weighted by molar-refractivity contribution is 5.54. The average molecular weight is 231 g/mol. The van der Waals surface area contributed by atoms with Gasteiger partial charge in [-0.05, 0) is 37.0 Å². The van der Waals surface area contributed by atoms with E-state index in [1.165, 1.54) is 24.0 Å². The van der Waals surface area contributed by atoms with E-state index in [9.17, 15) is 0 Å². The minimum Gasteiger partial charge on any atom is -0.497 e. The minimum absolute atomic E-state index is 0.779. The van der Waals surface area contributed by atoms with Gasteiger partial charge in [0, 0.05) is 12.6 Å². The molecule has 2 nitrogen and oxygen atoms in total. The summed E-state index contributed by atoms with van der Waals surface area (Å²) in [6, 6.07) is 9.00. The van der Waals surface area contributed by atoms with Crippen LogP contribution < -0.4 is 10.1 Å². The van der Waals surface area contributed by atoms with Crippen LogP contribution in [0.25, 0.3) is 6.08 Å². The normalized spacial score (nSPS) is 16.0. The van der Waals surface area contributed by atoms with E-state index in [0.29, 0.717) is 0 Å². The molecule has 1 aliphatic rings.